The smallest absolute Gasteiger partial charge is 0.231 e. The Morgan fingerprint density at radius 3 is 2.15 bits per heavy atom. The standard InChI is InChI=1S/C23H23NO3/c1-26-21-14-13-19(22(16-21)27-2)15-23(25)24(20-11-7-4-8-12-20)17-18-9-5-3-6-10-18/h3-14,16H,15,17H2,1-2H3. The van der Waals surface area contributed by atoms with Gasteiger partial charge in [-0.3, -0.25) is 4.79 Å². The van der Waals surface area contributed by atoms with E-state index in [1.807, 2.05) is 72.8 Å². The van der Waals surface area contributed by atoms with Crippen molar-refractivity contribution in [3.8, 4) is 11.5 Å². The second-order valence-electron chi connectivity index (χ2n) is 6.16. The van der Waals surface area contributed by atoms with Crippen molar-refractivity contribution in [2.45, 2.75) is 13.0 Å². The molecule has 4 heteroatoms. The summed E-state index contributed by atoms with van der Waals surface area (Å²) in [4.78, 5) is 15.0. The molecule has 0 aliphatic heterocycles. The number of carbonyl (C=O) groups excluding carboxylic acids is 1. The fourth-order valence-corrected chi connectivity index (χ4v) is 2.95. The molecule has 0 aliphatic rings. The van der Waals surface area contributed by atoms with E-state index in [1.165, 1.54) is 0 Å². The van der Waals surface area contributed by atoms with E-state index in [2.05, 4.69) is 0 Å². The van der Waals surface area contributed by atoms with Crippen LogP contribution in [0, 0.1) is 0 Å². The first-order chi connectivity index (χ1) is 13.2. The zero-order valence-corrected chi connectivity index (χ0v) is 15.6. The monoisotopic (exact) mass is 361 g/mol. The lowest BCUT2D eigenvalue weighted by Gasteiger charge is -2.23. The van der Waals surface area contributed by atoms with Crippen LogP contribution >= 0.6 is 0 Å². The average molecular weight is 361 g/mol. The number of rotatable bonds is 7. The lowest BCUT2D eigenvalue weighted by molar-refractivity contribution is -0.118. The van der Waals surface area contributed by atoms with Crippen LogP contribution in [0.3, 0.4) is 0 Å². The summed E-state index contributed by atoms with van der Waals surface area (Å²) in [7, 11) is 3.21. The quantitative estimate of drug-likeness (QED) is 0.623. The molecule has 4 nitrogen and oxygen atoms in total. The minimum absolute atomic E-state index is 0.00789. The van der Waals surface area contributed by atoms with E-state index in [1.54, 1.807) is 25.2 Å². The van der Waals surface area contributed by atoms with E-state index in [-0.39, 0.29) is 12.3 Å². The lowest BCUT2D eigenvalue weighted by atomic mass is 10.1. The highest BCUT2D eigenvalue weighted by molar-refractivity contribution is 5.95. The van der Waals surface area contributed by atoms with Crippen LogP contribution < -0.4 is 14.4 Å². The van der Waals surface area contributed by atoms with E-state index in [9.17, 15) is 4.79 Å². The first-order valence-electron chi connectivity index (χ1n) is 8.81. The van der Waals surface area contributed by atoms with Crippen LogP contribution in [0.2, 0.25) is 0 Å². The van der Waals surface area contributed by atoms with Crippen molar-refractivity contribution in [1.29, 1.82) is 0 Å². The summed E-state index contributed by atoms with van der Waals surface area (Å²) in [6, 6.07) is 25.2. The molecule has 3 aromatic rings. The van der Waals surface area contributed by atoms with Crippen molar-refractivity contribution < 1.29 is 14.3 Å². The zero-order valence-electron chi connectivity index (χ0n) is 15.6. The highest BCUT2D eigenvalue weighted by Gasteiger charge is 2.18. The molecule has 0 saturated heterocycles. The van der Waals surface area contributed by atoms with E-state index in [0.717, 1.165) is 16.8 Å². The number of hydrogen-bond donors (Lipinski definition) is 0. The Hall–Kier alpha value is -3.27. The number of anilines is 1. The molecule has 0 aromatic heterocycles. The summed E-state index contributed by atoms with van der Waals surface area (Å²) in [5.41, 5.74) is 2.78. The van der Waals surface area contributed by atoms with E-state index < -0.39 is 0 Å². The van der Waals surface area contributed by atoms with Gasteiger partial charge in [-0.2, -0.15) is 0 Å². The van der Waals surface area contributed by atoms with Gasteiger partial charge in [-0.15, -0.1) is 0 Å². The molecule has 0 aliphatic carbocycles. The number of benzene rings is 3. The van der Waals surface area contributed by atoms with Gasteiger partial charge in [0, 0.05) is 17.3 Å². The number of nitrogens with zero attached hydrogens (tertiary/aromatic N) is 1. The summed E-state index contributed by atoms with van der Waals surface area (Å²) in [5, 5.41) is 0. The van der Waals surface area contributed by atoms with Crippen molar-refractivity contribution in [3.63, 3.8) is 0 Å². The number of amides is 1. The second-order valence-corrected chi connectivity index (χ2v) is 6.16. The van der Waals surface area contributed by atoms with Crippen molar-refractivity contribution in [3.05, 3.63) is 90.0 Å². The fourth-order valence-electron chi connectivity index (χ4n) is 2.95. The van der Waals surface area contributed by atoms with Gasteiger partial charge < -0.3 is 14.4 Å². The highest BCUT2D eigenvalue weighted by atomic mass is 16.5. The minimum Gasteiger partial charge on any atom is -0.497 e. The Morgan fingerprint density at radius 1 is 0.852 bits per heavy atom. The van der Waals surface area contributed by atoms with Gasteiger partial charge in [-0.1, -0.05) is 54.6 Å². The van der Waals surface area contributed by atoms with Crippen LogP contribution in [0.4, 0.5) is 5.69 Å². The molecule has 0 unspecified atom stereocenters. The van der Waals surface area contributed by atoms with Gasteiger partial charge in [-0.05, 0) is 23.8 Å². The molecule has 138 valence electrons. The predicted molar refractivity (Wildman–Crippen MR) is 107 cm³/mol. The maximum Gasteiger partial charge on any atom is 0.231 e. The van der Waals surface area contributed by atoms with Crippen LogP contribution in [-0.4, -0.2) is 20.1 Å². The van der Waals surface area contributed by atoms with E-state index in [0.29, 0.717) is 18.0 Å². The SMILES string of the molecule is COc1ccc(CC(=O)N(Cc2ccccc2)c2ccccc2)c(OC)c1. The third kappa shape index (κ3) is 4.67. The largest absolute Gasteiger partial charge is 0.497 e. The topological polar surface area (TPSA) is 38.8 Å². The molecule has 0 saturated carbocycles. The second kappa shape index (κ2) is 8.90. The summed E-state index contributed by atoms with van der Waals surface area (Å²) >= 11 is 0. The number of hydrogen-bond acceptors (Lipinski definition) is 3. The zero-order chi connectivity index (χ0) is 19.1. The lowest BCUT2D eigenvalue weighted by Crippen LogP contribution is -2.31. The third-order valence-corrected chi connectivity index (χ3v) is 4.39. The van der Waals surface area contributed by atoms with Gasteiger partial charge in [0.25, 0.3) is 0 Å². The first kappa shape index (κ1) is 18.5. The molecule has 0 bridgehead atoms. The van der Waals surface area contributed by atoms with Crippen molar-refractivity contribution in [1.82, 2.24) is 0 Å². The molecule has 0 heterocycles. The molecule has 0 spiro atoms. The third-order valence-electron chi connectivity index (χ3n) is 4.39. The van der Waals surface area contributed by atoms with Gasteiger partial charge in [-0.25, -0.2) is 0 Å². The van der Waals surface area contributed by atoms with Gasteiger partial charge in [0.1, 0.15) is 11.5 Å². The summed E-state index contributed by atoms with van der Waals surface area (Å²) in [5.74, 6) is 1.36. The predicted octanol–water partition coefficient (Wildman–Crippen LogP) is 4.48. The molecule has 3 aromatic carbocycles. The normalized spacial score (nSPS) is 10.3. The molecule has 0 atom stereocenters. The van der Waals surface area contributed by atoms with E-state index in [4.69, 9.17) is 9.47 Å². The highest BCUT2D eigenvalue weighted by Crippen LogP contribution is 2.26. The van der Waals surface area contributed by atoms with Crippen molar-refractivity contribution >= 4 is 11.6 Å². The first-order valence-corrected chi connectivity index (χ1v) is 8.81. The molecular weight excluding hydrogens is 338 g/mol. The van der Waals surface area contributed by atoms with Crippen LogP contribution in [0.5, 0.6) is 11.5 Å². The van der Waals surface area contributed by atoms with Crippen LogP contribution in [0.1, 0.15) is 11.1 Å². The number of carbonyl (C=O) groups is 1. The molecular formula is C23H23NO3. The minimum atomic E-state index is 0.00789. The Kier molecular flexibility index (Phi) is 6.10. The van der Waals surface area contributed by atoms with Gasteiger partial charge in [0.2, 0.25) is 5.91 Å². The number of ether oxygens (including phenoxy) is 2. The molecule has 0 N–H and O–H groups in total. The number of methoxy groups -OCH3 is 2. The van der Waals surface area contributed by atoms with E-state index >= 15 is 0 Å². The Bertz CT molecular complexity index is 879. The fraction of sp³-hybridized carbons (Fsp3) is 0.174. The average Bonchev–Trinajstić information content (AvgIpc) is 2.73. The Labute approximate surface area is 160 Å². The summed E-state index contributed by atoms with van der Waals surface area (Å²) in [6.45, 7) is 0.516. The van der Waals surface area contributed by atoms with Crippen LogP contribution in [0.25, 0.3) is 0 Å². The van der Waals surface area contributed by atoms with Crippen LogP contribution in [0.15, 0.2) is 78.9 Å². The molecule has 0 radical (unpaired) electrons. The summed E-state index contributed by atoms with van der Waals surface area (Å²) in [6.07, 6.45) is 0.245. The molecule has 3 rings (SSSR count). The number of para-hydroxylation sites is 1. The van der Waals surface area contributed by atoms with Gasteiger partial charge in [0.15, 0.2) is 0 Å². The van der Waals surface area contributed by atoms with Crippen molar-refractivity contribution in [2.75, 3.05) is 19.1 Å². The van der Waals surface area contributed by atoms with Gasteiger partial charge >= 0.3 is 0 Å². The molecule has 27 heavy (non-hydrogen) atoms. The Balaban J connectivity index is 1.87. The van der Waals surface area contributed by atoms with Crippen molar-refractivity contribution in [2.24, 2.45) is 0 Å². The maximum absolute atomic E-state index is 13.2. The summed E-state index contributed by atoms with van der Waals surface area (Å²) < 4.78 is 10.7. The van der Waals surface area contributed by atoms with Crippen LogP contribution in [-0.2, 0) is 17.8 Å². The Morgan fingerprint density at radius 2 is 1.52 bits per heavy atom. The maximum atomic E-state index is 13.2. The molecule has 1 amide bonds. The molecule has 0 fully saturated rings. The van der Waals surface area contributed by atoms with Gasteiger partial charge in [0.05, 0.1) is 27.2 Å².